The van der Waals surface area contributed by atoms with Crippen molar-refractivity contribution < 1.29 is 14.3 Å². The minimum atomic E-state index is -0.245. The first-order chi connectivity index (χ1) is 8.17. The van der Waals surface area contributed by atoms with E-state index in [1.807, 2.05) is 6.07 Å². The van der Waals surface area contributed by atoms with E-state index in [-0.39, 0.29) is 12.4 Å². The molecule has 0 saturated heterocycles. The third-order valence-corrected chi connectivity index (χ3v) is 2.18. The lowest BCUT2D eigenvalue weighted by Gasteiger charge is -2.04. The molecule has 0 bridgehead atoms. The fourth-order valence-electron chi connectivity index (χ4n) is 1.33. The summed E-state index contributed by atoms with van der Waals surface area (Å²) in [5, 5.41) is 0. The number of methoxy groups -OCH3 is 1. The van der Waals surface area contributed by atoms with Crippen molar-refractivity contribution in [2.45, 2.75) is 13.3 Å². The molecule has 0 radical (unpaired) electrons. The maximum absolute atomic E-state index is 11.1. The topological polar surface area (TPSA) is 61.5 Å². The molecule has 4 nitrogen and oxygen atoms in total. The van der Waals surface area contributed by atoms with E-state index in [9.17, 15) is 4.79 Å². The fourth-order valence-corrected chi connectivity index (χ4v) is 1.33. The van der Waals surface area contributed by atoms with Gasteiger partial charge in [0.1, 0.15) is 5.75 Å². The minimum absolute atomic E-state index is 0.241. The van der Waals surface area contributed by atoms with Crippen LogP contribution < -0.4 is 10.5 Å². The molecule has 0 aromatic heterocycles. The smallest absolute Gasteiger partial charge is 0.309 e. The number of benzene rings is 1. The molecule has 0 saturated carbocycles. The molecule has 1 rings (SSSR count). The Labute approximate surface area is 101 Å². The van der Waals surface area contributed by atoms with Crippen LogP contribution in [-0.2, 0) is 9.53 Å². The van der Waals surface area contributed by atoms with Crippen LogP contribution >= 0.6 is 0 Å². The van der Waals surface area contributed by atoms with Gasteiger partial charge >= 0.3 is 5.97 Å². The van der Waals surface area contributed by atoms with E-state index in [0.29, 0.717) is 12.3 Å². The highest BCUT2D eigenvalue weighted by atomic mass is 16.5. The highest BCUT2D eigenvalue weighted by molar-refractivity contribution is 5.74. The molecular formula is C13H17NO3. The molecule has 0 aliphatic heterocycles. The van der Waals surface area contributed by atoms with Crippen molar-refractivity contribution in [3.63, 3.8) is 0 Å². The molecule has 1 aromatic carbocycles. The predicted molar refractivity (Wildman–Crippen MR) is 67.7 cm³/mol. The highest BCUT2D eigenvalue weighted by Crippen LogP contribution is 2.20. The van der Waals surface area contributed by atoms with Crippen molar-refractivity contribution in [2.75, 3.05) is 19.5 Å². The van der Waals surface area contributed by atoms with Crippen LogP contribution in [0.5, 0.6) is 5.75 Å². The molecular weight excluding hydrogens is 218 g/mol. The average Bonchev–Trinajstić information content (AvgIpc) is 2.32. The Morgan fingerprint density at radius 1 is 1.47 bits per heavy atom. The number of hydrogen-bond acceptors (Lipinski definition) is 4. The van der Waals surface area contributed by atoms with Crippen LogP contribution in [0.1, 0.15) is 18.9 Å². The zero-order valence-corrected chi connectivity index (χ0v) is 10.1. The first-order valence-electron chi connectivity index (χ1n) is 5.43. The number of carbonyl (C=O) groups excluding carboxylic acids is 1. The second-order valence-corrected chi connectivity index (χ2v) is 3.41. The summed E-state index contributed by atoms with van der Waals surface area (Å²) >= 11 is 0. The van der Waals surface area contributed by atoms with Crippen molar-refractivity contribution in [1.29, 1.82) is 0 Å². The first-order valence-corrected chi connectivity index (χ1v) is 5.43. The zero-order valence-electron chi connectivity index (χ0n) is 10.1. The summed E-state index contributed by atoms with van der Waals surface area (Å²) in [6.45, 7) is 2.18. The van der Waals surface area contributed by atoms with Gasteiger partial charge in [-0.15, -0.1) is 0 Å². The number of rotatable bonds is 5. The van der Waals surface area contributed by atoms with Crippen LogP contribution in [0.3, 0.4) is 0 Å². The van der Waals surface area contributed by atoms with Gasteiger partial charge in [-0.3, -0.25) is 4.79 Å². The molecule has 0 atom stereocenters. The third-order valence-electron chi connectivity index (χ3n) is 2.18. The Hall–Kier alpha value is -1.97. The molecule has 0 aliphatic rings. The standard InChI is InChI=1S/C13H17NO3/c1-3-17-13(15)6-4-5-10-9-11(16-2)7-8-12(10)14/h4-5,7-9H,3,6,14H2,1-2H3. The second-order valence-electron chi connectivity index (χ2n) is 3.41. The van der Waals surface area contributed by atoms with Gasteiger partial charge in [-0.2, -0.15) is 0 Å². The fraction of sp³-hybridized carbons (Fsp3) is 0.308. The lowest BCUT2D eigenvalue weighted by Crippen LogP contribution is -2.01. The average molecular weight is 235 g/mol. The number of esters is 1. The molecule has 0 fully saturated rings. The summed E-state index contributed by atoms with van der Waals surface area (Å²) in [5.41, 5.74) is 7.27. The molecule has 4 heteroatoms. The van der Waals surface area contributed by atoms with Gasteiger partial charge in [-0.1, -0.05) is 12.2 Å². The normalized spacial score (nSPS) is 10.5. The lowest BCUT2D eigenvalue weighted by molar-refractivity contribution is -0.142. The molecule has 0 amide bonds. The van der Waals surface area contributed by atoms with Crippen LogP contribution in [0.25, 0.3) is 6.08 Å². The number of nitrogen functional groups attached to an aromatic ring is 1. The van der Waals surface area contributed by atoms with Gasteiger partial charge in [-0.25, -0.2) is 0 Å². The van der Waals surface area contributed by atoms with Gasteiger partial charge in [0.05, 0.1) is 20.1 Å². The summed E-state index contributed by atoms with van der Waals surface area (Å²) in [6, 6.07) is 5.37. The largest absolute Gasteiger partial charge is 0.497 e. The number of carbonyl (C=O) groups is 1. The summed E-state index contributed by atoms with van der Waals surface area (Å²) in [7, 11) is 1.59. The lowest BCUT2D eigenvalue weighted by atomic mass is 10.1. The molecule has 2 N–H and O–H groups in total. The van der Waals surface area contributed by atoms with E-state index in [1.54, 1.807) is 38.3 Å². The minimum Gasteiger partial charge on any atom is -0.497 e. The third kappa shape index (κ3) is 4.18. The van der Waals surface area contributed by atoms with Crippen molar-refractivity contribution in [3.8, 4) is 5.75 Å². The first kappa shape index (κ1) is 13.1. The van der Waals surface area contributed by atoms with Crippen molar-refractivity contribution in [1.82, 2.24) is 0 Å². The highest BCUT2D eigenvalue weighted by Gasteiger charge is 2.00. The SMILES string of the molecule is CCOC(=O)CC=Cc1cc(OC)ccc1N. The van der Waals surface area contributed by atoms with E-state index in [4.69, 9.17) is 15.2 Å². The Morgan fingerprint density at radius 3 is 2.88 bits per heavy atom. The Balaban J connectivity index is 2.67. The van der Waals surface area contributed by atoms with Crippen LogP contribution in [0.2, 0.25) is 0 Å². The zero-order chi connectivity index (χ0) is 12.7. The van der Waals surface area contributed by atoms with Gasteiger partial charge in [-0.05, 0) is 25.1 Å². The molecule has 17 heavy (non-hydrogen) atoms. The van der Waals surface area contributed by atoms with Crippen LogP contribution in [0.15, 0.2) is 24.3 Å². The van der Waals surface area contributed by atoms with Crippen LogP contribution in [0.4, 0.5) is 5.69 Å². The Kier molecular flexibility index (Phi) is 5.07. The van der Waals surface area contributed by atoms with E-state index < -0.39 is 0 Å². The van der Waals surface area contributed by atoms with E-state index in [2.05, 4.69) is 0 Å². The number of ether oxygens (including phenoxy) is 2. The Morgan fingerprint density at radius 2 is 2.24 bits per heavy atom. The number of anilines is 1. The monoisotopic (exact) mass is 235 g/mol. The molecule has 0 unspecified atom stereocenters. The summed E-state index contributed by atoms with van der Waals surface area (Å²) < 4.78 is 9.90. The van der Waals surface area contributed by atoms with Crippen molar-refractivity contribution >= 4 is 17.7 Å². The van der Waals surface area contributed by atoms with Crippen LogP contribution in [0, 0.1) is 0 Å². The van der Waals surface area contributed by atoms with E-state index >= 15 is 0 Å². The van der Waals surface area contributed by atoms with Gasteiger partial charge in [0, 0.05) is 11.3 Å². The Bertz CT molecular complexity index is 413. The number of hydrogen-bond donors (Lipinski definition) is 1. The van der Waals surface area contributed by atoms with Crippen molar-refractivity contribution in [3.05, 3.63) is 29.8 Å². The van der Waals surface area contributed by atoms with Gasteiger partial charge in [0.2, 0.25) is 0 Å². The molecule has 0 aliphatic carbocycles. The summed E-state index contributed by atoms with van der Waals surface area (Å²) in [6.07, 6.45) is 3.75. The quantitative estimate of drug-likeness (QED) is 0.628. The number of nitrogens with two attached hydrogens (primary N) is 1. The molecule has 0 heterocycles. The van der Waals surface area contributed by atoms with Crippen LogP contribution in [-0.4, -0.2) is 19.7 Å². The van der Waals surface area contributed by atoms with Gasteiger partial charge in [0.25, 0.3) is 0 Å². The molecule has 1 aromatic rings. The van der Waals surface area contributed by atoms with E-state index in [1.165, 1.54) is 0 Å². The van der Waals surface area contributed by atoms with E-state index in [0.717, 1.165) is 11.3 Å². The van der Waals surface area contributed by atoms with Crippen molar-refractivity contribution in [2.24, 2.45) is 0 Å². The summed E-state index contributed by atoms with van der Waals surface area (Å²) in [5.74, 6) is 0.486. The summed E-state index contributed by atoms with van der Waals surface area (Å²) in [4.78, 5) is 11.1. The maximum atomic E-state index is 11.1. The second kappa shape index (κ2) is 6.58. The molecule has 92 valence electrons. The van der Waals surface area contributed by atoms with Gasteiger partial charge < -0.3 is 15.2 Å². The van der Waals surface area contributed by atoms with Gasteiger partial charge in [0.15, 0.2) is 0 Å². The maximum Gasteiger partial charge on any atom is 0.309 e. The molecule has 0 spiro atoms. The predicted octanol–water partition coefficient (Wildman–Crippen LogP) is 2.24.